The largest absolute Gasteiger partial charge is 0.367 e. The molecule has 8 heteroatoms. The summed E-state index contributed by atoms with van der Waals surface area (Å²) in [6.07, 6.45) is 2.80. The average Bonchev–Trinajstić information content (AvgIpc) is 3.26. The van der Waals surface area contributed by atoms with Gasteiger partial charge in [-0.25, -0.2) is 13.8 Å². The minimum atomic E-state index is -0.553. The predicted octanol–water partition coefficient (Wildman–Crippen LogP) is 3.11. The lowest BCUT2D eigenvalue weighted by Gasteiger charge is -2.21. The molecule has 1 aromatic carbocycles. The average molecular weight is 394 g/mol. The van der Waals surface area contributed by atoms with Gasteiger partial charge in [0.1, 0.15) is 11.6 Å². The zero-order valence-corrected chi connectivity index (χ0v) is 16.5. The molecule has 1 aliphatic heterocycles. The van der Waals surface area contributed by atoms with Crippen molar-refractivity contribution in [1.29, 1.82) is 0 Å². The van der Waals surface area contributed by atoms with Crippen molar-refractivity contribution in [3.05, 3.63) is 45.9 Å². The van der Waals surface area contributed by atoms with Crippen molar-refractivity contribution in [2.75, 3.05) is 31.6 Å². The maximum absolute atomic E-state index is 14.0. The highest BCUT2D eigenvalue weighted by Crippen LogP contribution is 2.24. The van der Waals surface area contributed by atoms with Crippen LogP contribution in [0, 0.1) is 18.6 Å². The summed E-state index contributed by atoms with van der Waals surface area (Å²) in [5.74, 6) is -0.324. The van der Waals surface area contributed by atoms with Gasteiger partial charge in [-0.05, 0) is 31.9 Å². The van der Waals surface area contributed by atoms with Crippen molar-refractivity contribution < 1.29 is 8.78 Å². The number of nitrogens with zero attached hydrogens (tertiary/aromatic N) is 3. The van der Waals surface area contributed by atoms with Gasteiger partial charge in [-0.15, -0.1) is 11.3 Å². The molecule has 146 valence electrons. The van der Waals surface area contributed by atoms with Crippen molar-refractivity contribution in [3.8, 4) is 0 Å². The van der Waals surface area contributed by atoms with Gasteiger partial charge in [0.15, 0.2) is 5.96 Å². The molecule has 1 fully saturated rings. The van der Waals surface area contributed by atoms with Crippen molar-refractivity contribution >= 4 is 23.0 Å². The molecule has 0 saturated carbocycles. The number of hydrogen-bond donors (Lipinski definition) is 2. The molecule has 1 atom stereocenters. The van der Waals surface area contributed by atoms with Gasteiger partial charge in [0.05, 0.1) is 10.7 Å². The van der Waals surface area contributed by atoms with Crippen molar-refractivity contribution in [3.63, 3.8) is 0 Å². The molecule has 0 spiro atoms. The number of guanidine groups is 1. The molecule has 0 radical (unpaired) electrons. The lowest BCUT2D eigenvalue weighted by Crippen LogP contribution is -2.45. The van der Waals surface area contributed by atoms with E-state index >= 15 is 0 Å². The van der Waals surface area contributed by atoms with Crippen LogP contribution in [-0.4, -0.2) is 43.7 Å². The zero-order chi connectivity index (χ0) is 19.2. The lowest BCUT2D eigenvalue weighted by molar-refractivity contribution is 0.580. The summed E-state index contributed by atoms with van der Waals surface area (Å²) in [4.78, 5) is 10.7. The standard InChI is InChI=1S/C19H25F2N5S/c1-13-12-27-18(24-13)4-3-8-23-19(22-2)25-15-7-9-26(11-15)17-6-5-14(20)10-16(17)21/h5-6,10,12,15H,3-4,7-9,11H2,1-2H3,(H2,22,23,25). The van der Waals surface area contributed by atoms with E-state index in [1.165, 1.54) is 12.1 Å². The van der Waals surface area contributed by atoms with E-state index in [1.54, 1.807) is 18.4 Å². The first kappa shape index (κ1) is 19.5. The third-order valence-electron chi connectivity index (χ3n) is 4.53. The second-order valence-corrected chi connectivity index (χ2v) is 7.60. The van der Waals surface area contributed by atoms with Crippen LogP contribution in [0.5, 0.6) is 0 Å². The van der Waals surface area contributed by atoms with E-state index < -0.39 is 11.6 Å². The van der Waals surface area contributed by atoms with Crippen LogP contribution in [0.4, 0.5) is 14.5 Å². The Morgan fingerprint density at radius 2 is 2.26 bits per heavy atom. The normalized spacial score (nSPS) is 17.4. The second kappa shape index (κ2) is 9.12. The monoisotopic (exact) mass is 393 g/mol. The highest BCUT2D eigenvalue weighted by atomic mass is 32.1. The lowest BCUT2D eigenvalue weighted by atomic mass is 10.2. The first-order valence-electron chi connectivity index (χ1n) is 9.13. The molecule has 27 heavy (non-hydrogen) atoms. The molecule has 3 rings (SSSR count). The molecular weight excluding hydrogens is 368 g/mol. The van der Waals surface area contributed by atoms with Gasteiger partial charge in [-0.1, -0.05) is 0 Å². The number of halogens is 2. The Hall–Kier alpha value is -2.22. The minimum absolute atomic E-state index is 0.169. The maximum Gasteiger partial charge on any atom is 0.191 e. The molecule has 2 aromatic rings. The van der Waals surface area contributed by atoms with Gasteiger partial charge in [-0.2, -0.15) is 0 Å². The van der Waals surface area contributed by atoms with E-state index in [0.29, 0.717) is 12.2 Å². The van der Waals surface area contributed by atoms with Crippen molar-refractivity contribution in [2.45, 2.75) is 32.2 Å². The van der Waals surface area contributed by atoms with E-state index in [0.717, 1.165) is 55.1 Å². The number of hydrogen-bond acceptors (Lipinski definition) is 4. The van der Waals surface area contributed by atoms with Gasteiger partial charge in [0.2, 0.25) is 0 Å². The van der Waals surface area contributed by atoms with E-state index in [2.05, 4.69) is 26.0 Å². The van der Waals surface area contributed by atoms with Crippen LogP contribution in [0.15, 0.2) is 28.6 Å². The smallest absolute Gasteiger partial charge is 0.191 e. The Morgan fingerprint density at radius 1 is 1.41 bits per heavy atom. The molecule has 0 aliphatic carbocycles. The molecule has 1 aliphatic rings. The summed E-state index contributed by atoms with van der Waals surface area (Å²) >= 11 is 1.70. The molecule has 0 bridgehead atoms. The second-order valence-electron chi connectivity index (χ2n) is 6.66. The summed E-state index contributed by atoms with van der Waals surface area (Å²) < 4.78 is 27.1. The van der Waals surface area contributed by atoms with Crippen LogP contribution >= 0.6 is 11.3 Å². The quantitative estimate of drug-likeness (QED) is 0.450. The fourth-order valence-corrected chi connectivity index (χ4v) is 4.00. The highest BCUT2D eigenvalue weighted by Gasteiger charge is 2.25. The Morgan fingerprint density at radius 3 is 2.96 bits per heavy atom. The van der Waals surface area contributed by atoms with E-state index in [9.17, 15) is 8.78 Å². The van der Waals surface area contributed by atoms with Crippen LogP contribution in [0.3, 0.4) is 0 Å². The van der Waals surface area contributed by atoms with Gasteiger partial charge < -0.3 is 15.5 Å². The number of thiazole rings is 1. The molecule has 1 unspecified atom stereocenters. The summed E-state index contributed by atoms with van der Waals surface area (Å²) in [5.41, 5.74) is 1.52. The Balaban J connectivity index is 1.43. The van der Waals surface area contributed by atoms with Crippen LogP contribution in [-0.2, 0) is 6.42 Å². The maximum atomic E-state index is 14.0. The number of rotatable bonds is 6. The van der Waals surface area contributed by atoms with E-state index in [-0.39, 0.29) is 6.04 Å². The first-order valence-corrected chi connectivity index (χ1v) is 10.0. The van der Waals surface area contributed by atoms with Gasteiger partial charge in [0, 0.05) is 56.3 Å². The van der Waals surface area contributed by atoms with Crippen LogP contribution < -0.4 is 15.5 Å². The van der Waals surface area contributed by atoms with Gasteiger partial charge in [0.25, 0.3) is 0 Å². The molecular formula is C19H25F2N5S. The third-order valence-corrected chi connectivity index (χ3v) is 5.56. The number of aryl methyl sites for hydroxylation is 2. The molecule has 0 amide bonds. The fraction of sp³-hybridized carbons (Fsp3) is 0.474. The number of benzene rings is 1. The van der Waals surface area contributed by atoms with Crippen LogP contribution in [0.25, 0.3) is 0 Å². The number of anilines is 1. The Labute approximate surface area is 162 Å². The summed E-state index contributed by atoms with van der Waals surface area (Å²) in [5, 5.41) is 9.93. The van der Waals surface area contributed by atoms with Crippen molar-refractivity contribution in [1.82, 2.24) is 15.6 Å². The summed E-state index contributed by atoms with van der Waals surface area (Å²) in [6, 6.07) is 3.90. The van der Waals surface area contributed by atoms with Crippen molar-refractivity contribution in [2.24, 2.45) is 4.99 Å². The van der Waals surface area contributed by atoms with Gasteiger partial charge in [-0.3, -0.25) is 4.99 Å². The molecule has 2 heterocycles. The number of aliphatic imine (C=N–C) groups is 1. The minimum Gasteiger partial charge on any atom is -0.367 e. The van der Waals surface area contributed by atoms with E-state index in [4.69, 9.17) is 0 Å². The zero-order valence-electron chi connectivity index (χ0n) is 15.6. The van der Waals surface area contributed by atoms with E-state index in [1.807, 2.05) is 11.8 Å². The Kier molecular flexibility index (Phi) is 6.60. The topological polar surface area (TPSA) is 52.6 Å². The number of aromatic nitrogens is 1. The van der Waals surface area contributed by atoms with Gasteiger partial charge >= 0.3 is 0 Å². The van der Waals surface area contributed by atoms with Crippen LogP contribution in [0.2, 0.25) is 0 Å². The summed E-state index contributed by atoms with van der Waals surface area (Å²) in [6.45, 7) is 4.19. The highest BCUT2D eigenvalue weighted by molar-refractivity contribution is 7.09. The number of nitrogens with one attached hydrogen (secondary N) is 2. The molecule has 2 N–H and O–H groups in total. The van der Waals surface area contributed by atoms with Crippen LogP contribution in [0.1, 0.15) is 23.5 Å². The molecule has 5 nitrogen and oxygen atoms in total. The molecule has 1 aromatic heterocycles. The Bertz CT molecular complexity index is 792. The first-order chi connectivity index (χ1) is 13.0. The summed E-state index contributed by atoms with van der Waals surface area (Å²) in [7, 11) is 1.74. The SMILES string of the molecule is CN=C(NCCCc1nc(C)cs1)NC1CCN(c2ccc(F)cc2F)C1. The fourth-order valence-electron chi connectivity index (χ4n) is 3.19. The molecule has 1 saturated heterocycles. The third kappa shape index (κ3) is 5.38. The predicted molar refractivity (Wildman–Crippen MR) is 107 cm³/mol.